The van der Waals surface area contributed by atoms with Crippen LogP contribution in [0.5, 0.6) is 5.75 Å². The SMILES string of the molecule is CCCCOc1ccc(/C(O)=C2\C(=O)C(=O)N(Cc3cccnc3)[C@@H]2c2cccc([N+](=O)[O-])c2)cc1C. The Morgan fingerprint density at radius 2 is 1.97 bits per heavy atom. The van der Waals surface area contributed by atoms with Crippen molar-refractivity contribution in [2.75, 3.05) is 6.61 Å². The fraction of sp³-hybridized carbons (Fsp3) is 0.250. The number of nitro benzene ring substituents is 1. The molecular formula is C28H27N3O6. The van der Waals surface area contributed by atoms with Crippen LogP contribution in [0.4, 0.5) is 5.69 Å². The Balaban J connectivity index is 1.81. The second-order valence-electron chi connectivity index (χ2n) is 8.82. The molecule has 1 aliphatic heterocycles. The number of aromatic nitrogens is 1. The zero-order valence-corrected chi connectivity index (χ0v) is 20.6. The second kappa shape index (κ2) is 11.0. The molecule has 3 aromatic rings. The van der Waals surface area contributed by atoms with Gasteiger partial charge in [-0.2, -0.15) is 0 Å². The molecule has 2 aromatic carbocycles. The smallest absolute Gasteiger partial charge is 0.295 e. The van der Waals surface area contributed by atoms with Crippen LogP contribution in [0.1, 0.15) is 48.1 Å². The number of benzene rings is 2. The number of nitrogens with zero attached hydrogens (tertiary/aromatic N) is 3. The predicted octanol–water partition coefficient (Wildman–Crippen LogP) is 5.10. The van der Waals surface area contributed by atoms with Gasteiger partial charge in [-0.3, -0.25) is 24.7 Å². The maximum Gasteiger partial charge on any atom is 0.295 e. The number of aryl methyl sites for hydroxylation is 1. The van der Waals surface area contributed by atoms with E-state index in [1.165, 1.54) is 23.1 Å². The number of rotatable bonds is 9. The van der Waals surface area contributed by atoms with Crippen molar-refractivity contribution in [2.24, 2.45) is 0 Å². The summed E-state index contributed by atoms with van der Waals surface area (Å²) in [4.78, 5) is 42.7. The van der Waals surface area contributed by atoms with E-state index < -0.39 is 22.7 Å². The number of carbonyl (C=O) groups excluding carboxylic acids is 2. The van der Waals surface area contributed by atoms with Crippen molar-refractivity contribution in [3.8, 4) is 5.75 Å². The van der Waals surface area contributed by atoms with Gasteiger partial charge in [0.05, 0.1) is 23.1 Å². The number of amides is 1. The molecule has 1 N–H and O–H groups in total. The lowest BCUT2D eigenvalue weighted by molar-refractivity contribution is -0.384. The van der Waals surface area contributed by atoms with Gasteiger partial charge >= 0.3 is 0 Å². The minimum absolute atomic E-state index is 0.0335. The lowest BCUT2D eigenvalue weighted by Gasteiger charge is -2.25. The third-order valence-electron chi connectivity index (χ3n) is 6.22. The van der Waals surface area contributed by atoms with E-state index in [0.29, 0.717) is 29.0 Å². The molecule has 0 radical (unpaired) electrons. The molecule has 1 aliphatic rings. The molecule has 0 saturated carbocycles. The van der Waals surface area contributed by atoms with Crippen molar-refractivity contribution in [3.63, 3.8) is 0 Å². The van der Waals surface area contributed by atoms with Crippen molar-refractivity contribution in [1.29, 1.82) is 0 Å². The second-order valence-corrected chi connectivity index (χ2v) is 8.82. The first-order chi connectivity index (χ1) is 17.8. The average molecular weight is 502 g/mol. The summed E-state index contributed by atoms with van der Waals surface area (Å²) in [5, 5.41) is 22.8. The summed E-state index contributed by atoms with van der Waals surface area (Å²) in [7, 11) is 0. The lowest BCUT2D eigenvalue weighted by atomic mass is 9.94. The lowest BCUT2D eigenvalue weighted by Crippen LogP contribution is -2.29. The van der Waals surface area contributed by atoms with Gasteiger partial charge in [-0.1, -0.05) is 31.5 Å². The highest BCUT2D eigenvalue weighted by Gasteiger charge is 2.46. The van der Waals surface area contributed by atoms with Crippen molar-refractivity contribution >= 4 is 23.1 Å². The molecule has 9 nitrogen and oxygen atoms in total. The van der Waals surface area contributed by atoms with Crippen LogP contribution >= 0.6 is 0 Å². The van der Waals surface area contributed by atoms with Gasteiger partial charge in [-0.15, -0.1) is 0 Å². The fourth-order valence-electron chi connectivity index (χ4n) is 4.33. The molecule has 4 rings (SSSR count). The zero-order chi connectivity index (χ0) is 26.5. The summed E-state index contributed by atoms with van der Waals surface area (Å²) >= 11 is 0. The maximum absolute atomic E-state index is 13.3. The summed E-state index contributed by atoms with van der Waals surface area (Å²) in [6, 6.07) is 13.2. The van der Waals surface area contributed by atoms with E-state index in [9.17, 15) is 24.8 Å². The molecule has 9 heteroatoms. The predicted molar refractivity (Wildman–Crippen MR) is 137 cm³/mol. The first-order valence-corrected chi connectivity index (χ1v) is 12.0. The Bertz CT molecular complexity index is 1370. The van der Waals surface area contributed by atoms with Gasteiger partial charge in [0.2, 0.25) is 0 Å². The minimum atomic E-state index is -1.03. The summed E-state index contributed by atoms with van der Waals surface area (Å²) < 4.78 is 5.79. The molecule has 37 heavy (non-hydrogen) atoms. The quantitative estimate of drug-likeness (QED) is 0.108. The molecule has 0 aliphatic carbocycles. The van der Waals surface area contributed by atoms with Gasteiger partial charge in [0, 0.05) is 36.6 Å². The highest BCUT2D eigenvalue weighted by molar-refractivity contribution is 6.46. The number of pyridine rings is 1. The van der Waals surface area contributed by atoms with Crippen molar-refractivity contribution in [3.05, 3.63) is 105 Å². The number of unbranched alkanes of at least 4 members (excludes halogenated alkanes) is 1. The van der Waals surface area contributed by atoms with Gasteiger partial charge < -0.3 is 14.7 Å². The number of aliphatic hydroxyl groups excluding tert-OH is 1. The zero-order valence-electron chi connectivity index (χ0n) is 20.6. The number of likely N-dealkylation sites (tertiary alicyclic amines) is 1. The summed E-state index contributed by atoms with van der Waals surface area (Å²) in [6.45, 7) is 4.50. The molecule has 1 saturated heterocycles. The Kier molecular flexibility index (Phi) is 7.62. The van der Waals surface area contributed by atoms with Gasteiger partial charge in [0.1, 0.15) is 11.5 Å². The minimum Gasteiger partial charge on any atom is -0.507 e. The highest BCUT2D eigenvalue weighted by Crippen LogP contribution is 2.41. The molecule has 190 valence electrons. The van der Waals surface area contributed by atoms with Gasteiger partial charge in [0.15, 0.2) is 0 Å². The van der Waals surface area contributed by atoms with E-state index in [2.05, 4.69) is 11.9 Å². The average Bonchev–Trinajstić information content (AvgIpc) is 3.15. The van der Waals surface area contributed by atoms with Gasteiger partial charge in [-0.05, 0) is 54.3 Å². The first kappa shape index (κ1) is 25.6. The number of nitro groups is 1. The largest absolute Gasteiger partial charge is 0.507 e. The molecular weight excluding hydrogens is 474 g/mol. The van der Waals surface area contributed by atoms with Gasteiger partial charge in [-0.25, -0.2) is 0 Å². The molecule has 1 fully saturated rings. The number of ketones is 1. The molecule has 2 heterocycles. The fourth-order valence-corrected chi connectivity index (χ4v) is 4.33. The summed E-state index contributed by atoms with van der Waals surface area (Å²) in [5.41, 5.74) is 1.80. The van der Waals surface area contributed by atoms with E-state index in [0.717, 1.165) is 18.4 Å². The van der Waals surface area contributed by atoms with Crippen LogP contribution in [0, 0.1) is 17.0 Å². The molecule has 0 bridgehead atoms. The standard InChI is InChI=1S/C28H27N3O6/c1-3-4-13-37-23-11-10-21(14-18(23)2)26(32)24-25(20-8-5-9-22(15-20)31(35)36)30(28(34)27(24)33)17-19-7-6-12-29-16-19/h5-12,14-16,25,32H,3-4,13,17H2,1-2H3/b26-24+/t25-/m1/s1. The van der Waals surface area contributed by atoms with E-state index >= 15 is 0 Å². The maximum atomic E-state index is 13.3. The first-order valence-electron chi connectivity index (χ1n) is 12.0. The topological polar surface area (TPSA) is 123 Å². The number of non-ortho nitro benzene ring substituents is 1. The van der Waals surface area contributed by atoms with Crippen LogP contribution in [0.2, 0.25) is 0 Å². The van der Waals surface area contributed by atoms with Crippen LogP contribution < -0.4 is 4.74 Å². The summed E-state index contributed by atoms with van der Waals surface area (Å²) in [6.07, 6.45) is 5.07. The normalized spacial score (nSPS) is 16.7. The Labute approximate surface area is 214 Å². The van der Waals surface area contributed by atoms with E-state index in [4.69, 9.17) is 4.74 Å². The van der Waals surface area contributed by atoms with Crippen LogP contribution in [0.15, 0.2) is 72.6 Å². The van der Waals surface area contributed by atoms with Crippen LogP contribution in [-0.2, 0) is 16.1 Å². The number of ether oxygens (including phenoxy) is 1. The third kappa shape index (κ3) is 5.35. The number of aliphatic hydroxyl groups is 1. The Morgan fingerprint density at radius 3 is 2.65 bits per heavy atom. The van der Waals surface area contributed by atoms with Crippen LogP contribution in [0.25, 0.3) is 5.76 Å². The monoisotopic (exact) mass is 501 g/mol. The Morgan fingerprint density at radius 1 is 1.16 bits per heavy atom. The molecule has 1 amide bonds. The molecule has 1 atom stereocenters. The summed E-state index contributed by atoms with van der Waals surface area (Å²) in [5.74, 6) is -1.36. The van der Waals surface area contributed by atoms with Gasteiger partial charge in [0.25, 0.3) is 17.4 Å². The number of hydrogen-bond donors (Lipinski definition) is 1. The third-order valence-corrected chi connectivity index (χ3v) is 6.22. The molecule has 1 aromatic heterocycles. The number of hydrogen-bond acceptors (Lipinski definition) is 7. The van der Waals surface area contributed by atoms with E-state index in [-0.39, 0.29) is 23.6 Å². The number of Topliss-reactive ketones (excluding diaryl/α,β-unsaturated/α-hetero) is 1. The van der Waals surface area contributed by atoms with Crippen molar-refractivity contribution in [1.82, 2.24) is 9.88 Å². The van der Waals surface area contributed by atoms with Crippen molar-refractivity contribution < 1.29 is 24.4 Å². The van der Waals surface area contributed by atoms with Crippen LogP contribution in [-0.4, -0.2) is 38.2 Å². The molecule has 0 spiro atoms. The Hall–Kier alpha value is -4.53. The van der Waals surface area contributed by atoms with Crippen LogP contribution in [0.3, 0.4) is 0 Å². The highest BCUT2D eigenvalue weighted by atomic mass is 16.6. The molecule has 0 unspecified atom stereocenters. The van der Waals surface area contributed by atoms with E-state index in [1.54, 1.807) is 48.8 Å². The van der Waals surface area contributed by atoms with Crippen molar-refractivity contribution in [2.45, 2.75) is 39.3 Å². The van der Waals surface area contributed by atoms with E-state index in [1.807, 2.05) is 6.92 Å². The number of carbonyl (C=O) groups is 2.